The van der Waals surface area contributed by atoms with Gasteiger partial charge in [0.05, 0.1) is 19.3 Å². The van der Waals surface area contributed by atoms with E-state index < -0.39 is 11.6 Å². The highest BCUT2D eigenvalue weighted by Gasteiger charge is 2.60. The smallest absolute Gasteiger partial charge is 0.317 e. The van der Waals surface area contributed by atoms with E-state index in [2.05, 4.69) is 5.32 Å². The Kier molecular flexibility index (Phi) is 5.32. The Balaban J connectivity index is 1.90. The zero-order valence-corrected chi connectivity index (χ0v) is 18.4. The zero-order valence-electron chi connectivity index (χ0n) is 17.6. The third kappa shape index (κ3) is 3.17. The molecule has 2 aromatic rings. The van der Waals surface area contributed by atoms with Crippen LogP contribution in [0.4, 0.5) is 5.69 Å². The number of para-hydroxylation sites is 1. The van der Waals surface area contributed by atoms with Crippen molar-refractivity contribution in [3.8, 4) is 11.5 Å². The van der Waals surface area contributed by atoms with E-state index in [1.165, 1.54) is 0 Å². The summed E-state index contributed by atoms with van der Waals surface area (Å²) in [7, 11) is 0. The number of benzene rings is 2. The predicted molar refractivity (Wildman–Crippen MR) is 119 cm³/mol. The van der Waals surface area contributed by atoms with Crippen molar-refractivity contribution in [3.63, 3.8) is 0 Å². The van der Waals surface area contributed by atoms with Gasteiger partial charge in [0.1, 0.15) is 5.92 Å². The Hall–Kier alpha value is -2.80. The number of aryl methyl sites for hydroxylation is 1. The van der Waals surface area contributed by atoms with E-state index in [9.17, 15) is 4.79 Å². The summed E-state index contributed by atoms with van der Waals surface area (Å²) < 4.78 is 17.9. The number of anilines is 1. The molecular formula is C23H26N2O4S. The Morgan fingerprint density at radius 1 is 1.20 bits per heavy atom. The van der Waals surface area contributed by atoms with Gasteiger partial charge in [-0.15, -0.1) is 0 Å². The first-order valence-electron chi connectivity index (χ1n) is 10.2. The third-order valence-electron chi connectivity index (χ3n) is 5.62. The molecule has 0 saturated carbocycles. The van der Waals surface area contributed by atoms with Gasteiger partial charge in [0.2, 0.25) is 5.72 Å². The molecule has 3 atom stereocenters. The first-order chi connectivity index (χ1) is 14.4. The topological polar surface area (TPSA) is 60.0 Å². The molecule has 0 aliphatic carbocycles. The largest absolute Gasteiger partial charge is 0.490 e. The minimum absolute atomic E-state index is 0.291. The number of carbonyl (C=O) groups excluding carboxylic acids is 1. The monoisotopic (exact) mass is 426 g/mol. The lowest BCUT2D eigenvalue weighted by Gasteiger charge is -2.55. The van der Waals surface area contributed by atoms with Crippen LogP contribution in [0.25, 0.3) is 0 Å². The van der Waals surface area contributed by atoms with Crippen molar-refractivity contribution >= 4 is 29.0 Å². The number of hydrogen-bond donors (Lipinski definition) is 1. The van der Waals surface area contributed by atoms with Crippen molar-refractivity contribution in [3.05, 3.63) is 53.6 Å². The molecular weight excluding hydrogens is 400 g/mol. The van der Waals surface area contributed by atoms with Gasteiger partial charge >= 0.3 is 5.97 Å². The van der Waals surface area contributed by atoms with E-state index in [1.54, 1.807) is 6.92 Å². The minimum atomic E-state index is -1.09. The molecule has 0 spiro atoms. The maximum atomic E-state index is 13.1. The van der Waals surface area contributed by atoms with Gasteiger partial charge in [-0.2, -0.15) is 0 Å². The molecule has 7 heteroatoms. The molecule has 158 valence electrons. The van der Waals surface area contributed by atoms with Gasteiger partial charge in [0, 0.05) is 11.3 Å². The molecule has 1 N–H and O–H groups in total. The van der Waals surface area contributed by atoms with Crippen molar-refractivity contribution in [1.82, 2.24) is 5.32 Å². The maximum Gasteiger partial charge on any atom is 0.317 e. The number of carbonyl (C=O) groups is 1. The zero-order chi connectivity index (χ0) is 21.5. The van der Waals surface area contributed by atoms with Crippen molar-refractivity contribution in [2.45, 2.75) is 39.5 Å². The quantitative estimate of drug-likeness (QED) is 0.570. The summed E-state index contributed by atoms with van der Waals surface area (Å²) >= 11 is 5.74. The standard InChI is InChI=1S/C23H26N2O4S/c1-5-27-17-9-7-8-16-19-18(21(26)28-6-2)23(4,29-20(16)17)25(22(30)24-19)15-12-10-14(3)11-13-15/h7-13,18-19H,5-6H2,1-4H3,(H,24,30). The van der Waals surface area contributed by atoms with E-state index in [-0.39, 0.29) is 12.0 Å². The van der Waals surface area contributed by atoms with Crippen LogP contribution in [0.3, 0.4) is 0 Å². The van der Waals surface area contributed by atoms with Gasteiger partial charge in [-0.3, -0.25) is 9.69 Å². The summed E-state index contributed by atoms with van der Waals surface area (Å²) in [6, 6.07) is 13.3. The highest BCUT2D eigenvalue weighted by atomic mass is 32.1. The second-order valence-electron chi connectivity index (χ2n) is 7.59. The number of thiocarbonyl (C=S) groups is 1. The SMILES string of the molecule is CCOC(=O)C1C2NC(=S)N(c3ccc(C)cc3)C1(C)Oc1c(OCC)cccc12. The second kappa shape index (κ2) is 7.80. The van der Waals surface area contributed by atoms with Crippen LogP contribution in [0, 0.1) is 12.8 Å². The van der Waals surface area contributed by atoms with Crippen molar-refractivity contribution < 1.29 is 19.0 Å². The highest BCUT2D eigenvalue weighted by molar-refractivity contribution is 7.80. The summed E-state index contributed by atoms with van der Waals surface area (Å²) in [5.41, 5.74) is 1.72. The van der Waals surface area contributed by atoms with E-state index in [1.807, 2.05) is 68.1 Å². The molecule has 2 aliphatic heterocycles. The fraction of sp³-hybridized carbons (Fsp3) is 0.391. The van der Waals surface area contributed by atoms with Crippen LogP contribution >= 0.6 is 12.2 Å². The first kappa shape index (κ1) is 20.5. The highest BCUT2D eigenvalue weighted by Crippen LogP contribution is 2.52. The summed E-state index contributed by atoms with van der Waals surface area (Å²) in [5, 5.41) is 3.87. The van der Waals surface area contributed by atoms with Crippen LogP contribution in [0.15, 0.2) is 42.5 Å². The lowest BCUT2D eigenvalue weighted by atomic mass is 9.79. The van der Waals surface area contributed by atoms with E-state index >= 15 is 0 Å². The van der Waals surface area contributed by atoms with Crippen LogP contribution in [0.2, 0.25) is 0 Å². The maximum absolute atomic E-state index is 13.1. The van der Waals surface area contributed by atoms with Crippen molar-refractivity contribution in [2.24, 2.45) is 5.92 Å². The molecule has 2 heterocycles. The first-order valence-corrected chi connectivity index (χ1v) is 10.6. The molecule has 0 radical (unpaired) electrons. The predicted octanol–water partition coefficient (Wildman–Crippen LogP) is 4.12. The summed E-state index contributed by atoms with van der Waals surface area (Å²) in [5.74, 6) is 0.311. The number of nitrogens with zero attached hydrogens (tertiary/aromatic N) is 1. The van der Waals surface area contributed by atoms with Crippen LogP contribution in [0.5, 0.6) is 11.5 Å². The van der Waals surface area contributed by atoms with E-state index in [0.29, 0.717) is 29.8 Å². The number of fused-ring (bicyclic) bond motifs is 4. The molecule has 3 unspecified atom stereocenters. The normalized spacial score (nSPS) is 24.4. The van der Waals surface area contributed by atoms with Crippen LogP contribution in [0.1, 0.15) is 37.9 Å². The average Bonchev–Trinajstić information content (AvgIpc) is 2.70. The van der Waals surface area contributed by atoms with Crippen LogP contribution in [-0.2, 0) is 9.53 Å². The molecule has 1 saturated heterocycles. The molecule has 30 heavy (non-hydrogen) atoms. The Morgan fingerprint density at radius 2 is 1.93 bits per heavy atom. The van der Waals surface area contributed by atoms with Gasteiger partial charge in [-0.25, -0.2) is 0 Å². The second-order valence-corrected chi connectivity index (χ2v) is 7.98. The summed E-state index contributed by atoms with van der Waals surface area (Å²) in [6.07, 6.45) is 0. The van der Waals surface area contributed by atoms with Gasteiger partial charge < -0.3 is 19.5 Å². The molecule has 1 fully saturated rings. The Bertz CT molecular complexity index is 978. The molecule has 6 nitrogen and oxygen atoms in total. The van der Waals surface area contributed by atoms with Crippen LogP contribution < -0.4 is 19.7 Å². The minimum Gasteiger partial charge on any atom is -0.490 e. The van der Waals surface area contributed by atoms with Gasteiger partial charge in [-0.05, 0) is 58.1 Å². The number of esters is 1. The number of nitrogens with one attached hydrogen (secondary N) is 1. The third-order valence-corrected chi connectivity index (χ3v) is 5.92. The molecule has 0 amide bonds. The molecule has 2 bridgehead atoms. The van der Waals surface area contributed by atoms with E-state index in [4.69, 9.17) is 26.4 Å². The van der Waals surface area contributed by atoms with Gasteiger partial charge in [0.25, 0.3) is 0 Å². The van der Waals surface area contributed by atoms with Crippen LogP contribution in [-0.4, -0.2) is 30.0 Å². The lowest BCUT2D eigenvalue weighted by molar-refractivity contribution is -0.159. The molecule has 2 aromatic carbocycles. The lowest BCUT2D eigenvalue weighted by Crippen LogP contribution is -2.71. The Morgan fingerprint density at radius 3 is 2.60 bits per heavy atom. The van der Waals surface area contributed by atoms with Gasteiger partial charge in [0.15, 0.2) is 16.6 Å². The summed E-state index contributed by atoms with van der Waals surface area (Å²) in [6.45, 7) is 8.45. The number of rotatable bonds is 5. The van der Waals surface area contributed by atoms with Crippen molar-refractivity contribution in [2.75, 3.05) is 18.1 Å². The molecule has 0 aromatic heterocycles. The number of ether oxygens (including phenoxy) is 3. The van der Waals surface area contributed by atoms with Crippen molar-refractivity contribution in [1.29, 1.82) is 0 Å². The number of hydrogen-bond acceptors (Lipinski definition) is 5. The molecule has 2 aliphatic rings. The average molecular weight is 427 g/mol. The fourth-order valence-corrected chi connectivity index (χ4v) is 4.73. The summed E-state index contributed by atoms with van der Waals surface area (Å²) in [4.78, 5) is 15.0. The van der Waals surface area contributed by atoms with E-state index in [0.717, 1.165) is 16.8 Å². The Labute approximate surface area is 182 Å². The van der Waals surface area contributed by atoms with Gasteiger partial charge in [-0.1, -0.05) is 29.8 Å². The fourth-order valence-electron chi connectivity index (χ4n) is 4.31. The molecule has 4 rings (SSSR count).